The molecular formula is C24H23NO3. The number of hydrogen-bond acceptors (Lipinski definition) is 4. The highest BCUT2D eigenvalue weighted by atomic mass is 16.5. The second-order valence-electron chi connectivity index (χ2n) is 5.97. The molecule has 0 aromatic heterocycles. The van der Waals surface area contributed by atoms with Gasteiger partial charge in [0.1, 0.15) is 12.4 Å². The van der Waals surface area contributed by atoms with Crippen molar-refractivity contribution in [1.82, 2.24) is 0 Å². The third-order valence-electron chi connectivity index (χ3n) is 3.98. The van der Waals surface area contributed by atoms with Crippen molar-refractivity contribution in [3.63, 3.8) is 0 Å². The van der Waals surface area contributed by atoms with Gasteiger partial charge in [-0.15, -0.1) is 0 Å². The van der Waals surface area contributed by atoms with E-state index in [1.807, 2.05) is 60.7 Å². The fraction of sp³-hybridized carbons (Fsp3) is 0.167. The SMILES string of the molecule is CC#N.COC(=O)c1ccc(Cc2ccccc2OCc2ccccc2)cc1. The summed E-state index contributed by atoms with van der Waals surface area (Å²) in [6.07, 6.45) is 0.742. The Morgan fingerprint density at radius 2 is 1.50 bits per heavy atom. The van der Waals surface area contributed by atoms with E-state index in [0.717, 1.165) is 28.9 Å². The summed E-state index contributed by atoms with van der Waals surface area (Å²) in [6, 6.07) is 27.4. The zero-order valence-corrected chi connectivity index (χ0v) is 16.1. The minimum absolute atomic E-state index is 0.321. The Bertz CT molecular complexity index is 913. The quantitative estimate of drug-likeness (QED) is 0.559. The van der Waals surface area contributed by atoms with E-state index in [1.165, 1.54) is 14.0 Å². The fourth-order valence-electron chi connectivity index (χ4n) is 2.62. The molecule has 4 heteroatoms. The summed E-state index contributed by atoms with van der Waals surface area (Å²) in [6.45, 7) is 1.97. The molecule has 0 N–H and O–H groups in total. The van der Waals surface area contributed by atoms with Gasteiger partial charge >= 0.3 is 5.97 Å². The van der Waals surface area contributed by atoms with Crippen molar-refractivity contribution in [2.24, 2.45) is 0 Å². The molecule has 0 bridgehead atoms. The van der Waals surface area contributed by atoms with Gasteiger partial charge in [-0.05, 0) is 34.9 Å². The normalized spacial score (nSPS) is 9.46. The van der Waals surface area contributed by atoms with Crippen LogP contribution in [0.3, 0.4) is 0 Å². The van der Waals surface area contributed by atoms with E-state index in [4.69, 9.17) is 14.7 Å². The molecule has 142 valence electrons. The van der Waals surface area contributed by atoms with Crippen LogP contribution in [0.15, 0.2) is 78.9 Å². The summed E-state index contributed by atoms with van der Waals surface area (Å²) in [5.41, 5.74) is 3.92. The highest BCUT2D eigenvalue weighted by molar-refractivity contribution is 5.89. The van der Waals surface area contributed by atoms with Crippen LogP contribution in [-0.2, 0) is 17.8 Å². The Kier molecular flexibility index (Phi) is 8.29. The summed E-state index contributed by atoms with van der Waals surface area (Å²) in [4.78, 5) is 11.5. The van der Waals surface area contributed by atoms with Gasteiger partial charge in [0.25, 0.3) is 0 Å². The lowest BCUT2D eigenvalue weighted by molar-refractivity contribution is 0.0600. The second kappa shape index (κ2) is 11.2. The monoisotopic (exact) mass is 373 g/mol. The predicted molar refractivity (Wildman–Crippen MR) is 109 cm³/mol. The zero-order chi connectivity index (χ0) is 20.2. The van der Waals surface area contributed by atoms with E-state index in [-0.39, 0.29) is 5.97 Å². The third kappa shape index (κ3) is 6.30. The number of nitriles is 1. The number of ether oxygens (including phenoxy) is 2. The number of carbonyl (C=O) groups is 1. The predicted octanol–water partition coefficient (Wildman–Crippen LogP) is 5.17. The van der Waals surface area contributed by atoms with Crippen LogP contribution < -0.4 is 4.74 Å². The maximum absolute atomic E-state index is 11.5. The third-order valence-corrected chi connectivity index (χ3v) is 3.98. The largest absolute Gasteiger partial charge is 0.489 e. The Balaban J connectivity index is 0.000000878. The number of rotatable bonds is 6. The number of carbonyl (C=O) groups excluding carboxylic acids is 1. The topological polar surface area (TPSA) is 59.3 Å². The van der Waals surface area contributed by atoms with E-state index in [1.54, 1.807) is 18.2 Å². The second-order valence-corrected chi connectivity index (χ2v) is 5.97. The van der Waals surface area contributed by atoms with Gasteiger partial charge in [0, 0.05) is 13.3 Å². The molecule has 0 heterocycles. The minimum Gasteiger partial charge on any atom is -0.489 e. The number of para-hydroxylation sites is 1. The standard InChI is InChI=1S/C22H20O3.C2H3N/c1-24-22(23)19-13-11-17(12-14-19)15-20-9-5-6-10-21(20)25-16-18-7-3-2-4-8-18;1-2-3/h2-14H,15-16H2,1H3;1H3. The van der Waals surface area contributed by atoms with Crippen LogP contribution in [-0.4, -0.2) is 13.1 Å². The van der Waals surface area contributed by atoms with E-state index < -0.39 is 0 Å². The fourth-order valence-corrected chi connectivity index (χ4v) is 2.62. The van der Waals surface area contributed by atoms with Crippen molar-refractivity contribution in [3.8, 4) is 11.8 Å². The minimum atomic E-state index is -0.321. The number of benzene rings is 3. The molecule has 0 aliphatic heterocycles. The first-order valence-electron chi connectivity index (χ1n) is 8.90. The van der Waals surface area contributed by atoms with Gasteiger partial charge in [-0.25, -0.2) is 4.79 Å². The lowest BCUT2D eigenvalue weighted by Crippen LogP contribution is -2.02. The molecule has 0 aliphatic carbocycles. The highest BCUT2D eigenvalue weighted by Crippen LogP contribution is 2.23. The molecule has 0 saturated carbocycles. The summed E-state index contributed by atoms with van der Waals surface area (Å²) in [7, 11) is 1.39. The van der Waals surface area contributed by atoms with E-state index in [2.05, 4.69) is 6.07 Å². The average Bonchev–Trinajstić information content (AvgIpc) is 2.74. The van der Waals surface area contributed by atoms with Crippen LogP contribution in [0.4, 0.5) is 0 Å². The molecule has 3 aromatic carbocycles. The molecule has 4 nitrogen and oxygen atoms in total. The highest BCUT2D eigenvalue weighted by Gasteiger charge is 2.07. The summed E-state index contributed by atoms with van der Waals surface area (Å²) in [5, 5.41) is 7.32. The molecule has 28 heavy (non-hydrogen) atoms. The van der Waals surface area contributed by atoms with Gasteiger partial charge in [0.2, 0.25) is 0 Å². The number of hydrogen-bond donors (Lipinski definition) is 0. The number of nitrogens with zero attached hydrogens (tertiary/aromatic N) is 1. The number of esters is 1. The molecule has 0 unspecified atom stereocenters. The molecule has 3 rings (SSSR count). The van der Waals surface area contributed by atoms with E-state index in [0.29, 0.717) is 12.2 Å². The van der Waals surface area contributed by atoms with Crippen LogP contribution in [0.5, 0.6) is 5.75 Å². The molecule has 0 atom stereocenters. The van der Waals surface area contributed by atoms with Gasteiger partial charge < -0.3 is 9.47 Å². The lowest BCUT2D eigenvalue weighted by Gasteiger charge is -2.12. The van der Waals surface area contributed by atoms with Gasteiger partial charge in [-0.2, -0.15) is 5.26 Å². The van der Waals surface area contributed by atoms with Gasteiger partial charge in [-0.3, -0.25) is 0 Å². The summed E-state index contributed by atoms with van der Waals surface area (Å²) >= 11 is 0. The first kappa shape index (κ1) is 20.7. The first-order chi connectivity index (χ1) is 13.7. The summed E-state index contributed by atoms with van der Waals surface area (Å²) < 4.78 is 10.7. The van der Waals surface area contributed by atoms with Crippen LogP contribution in [0.25, 0.3) is 0 Å². The van der Waals surface area contributed by atoms with Crippen molar-refractivity contribution >= 4 is 5.97 Å². The molecule has 0 amide bonds. The van der Waals surface area contributed by atoms with Crippen molar-refractivity contribution in [1.29, 1.82) is 5.26 Å². The lowest BCUT2D eigenvalue weighted by atomic mass is 10.0. The van der Waals surface area contributed by atoms with Gasteiger partial charge in [0.05, 0.1) is 18.7 Å². The number of methoxy groups -OCH3 is 1. The van der Waals surface area contributed by atoms with Crippen LogP contribution >= 0.6 is 0 Å². The van der Waals surface area contributed by atoms with Crippen molar-refractivity contribution < 1.29 is 14.3 Å². The smallest absolute Gasteiger partial charge is 0.337 e. The Labute approximate surface area is 166 Å². The zero-order valence-electron chi connectivity index (χ0n) is 16.1. The maximum atomic E-state index is 11.5. The molecule has 3 aromatic rings. The molecular weight excluding hydrogens is 350 g/mol. The first-order valence-corrected chi connectivity index (χ1v) is 8.90. The molecule has 0 saturated heterocycles. The Morgan fingerprint density at radius 1 is 0.893 bits per heavy atom. The van der Waals surface area contributed by atoms with Crippen molar-refractivity contribution in [2.45, 2.75) is 20.0 Å². The maximum Gasteiger partial charge on any atom is 0.337 e. The molecule has 0 fully saturated rings. The molecule has 0 spiro atoms. The van der Waals surface area contributed by atoms with E-state index >= 15 is 0 Å². The molecule has 0 radical (unpaired) electrons. The van der Waals surface area contributed by atoms with Crippen molar-refractivity contribution in [3.05, 3.63) is 101 Å². The van der Waals surface area contributed by atoms with Gasteiger partial charge in [-0.1, -0.05) is 60.7 Å². The van der Waals surface area contributed by atoms with Gasteiger partial charge in [0.15, 0.2) is 0 Å². The van der Waals surface area contributed by atoms with Crippen LogP contribution in [0, 0.1) is 11.3 Å². The van der Waals surface area contributed by atoms with Crippen molar-refractivity contribution in [2.75, 3.05) is 7.11 Å². The van der Waals surface area contributed by atoms with E-state index in [9.17, 15) is 4.79 Å². The summed E-state index contributed by atoms with van der Waals surface area (Å²) in [5.74, 6) is 0.557. The molecule has 0 aliphatic rings. The average molecular weight is 373 g/mol. The van der Waals surface area contributed by atoms with Crippen LogP contribution in [0.2, 0.25) is 0 Å². The Morgan fingerprint density at radius 3 is 2.14 bits per heavy atom. The van der Waals surface area contributed by atoms with Crippen LogP contribution in [0.1, 0.15) is 34.0 Å². The Hall–Kier alpha value is -3.58.